The summed E-state index contributed by atoms with van der Waals surface area (Å²) < 4.78 is 72.2. The fourth-order valence-electron chi connectivity index (χ4n) is 4.69. The van der Waals surface area contributed by atoms with Gasteiger partial charge in [0, 0.05) is 24.5 Å². The predicted molar refractivity (Wildman–Crippen MR) is 111 cm³/mol. The van der Waals surface area contributed by atoms with Crippen molar-refractivity contribution in [2.75, 3.05) is 6.54 Å². The molecule has 0 radical (unpaired) electrons. The molecule has 3 aliphatic rings. The van der Waals surface area contributed by atoms with E-state index in [-0.39, 0.29) is 22.9 Å². The van der Waals surface area contributed by atoms with E-state index in [0.717, 1.165) is 6.42 Å². The lowest BCUT2D eigenvalue weighted by Gasteiger charge is -2.49. The number of rotatable bonds is 4. The van der Waals surface area contributed by atoms with E-state index in [9.17, 15) is 26.7 Å². The lowest BCUT2D eigenvalue weighted by molar-refractivity contribution is -0.142. The first-order valence-corrected chi connectivity index (χ1v) is 10.8. The van der Waals surface area contributed by atoms with E-state index in [2.05, 4.69) is 19.9 Å². The summed E-state index contributed by atoms with van der Waals surface area (Å²) in [5.41, 5.74) is -1.03. The normalized spacial score (nSPS) is 21.7. The molecule has 2 bridgehead atoms. The van der Waals surface area contributed by atoms with Crippen molar-refractivity contribution in [3.63, 3.8) is 0 Å². The van der Waals surface area contributed by atoms with Gasteiger partial charge in [0.15, 0.2) is 11.5 Å². The van der Waals surface area contributed by atoms with Crippen LogP contribution in [0.2, 0.25) is 0 Å². The van der Waals surface area contributed by atoms with Crippen LogP contribution in [-0.2, 0) is 6.18 Å². The highest BCUT2D eigenvalue weighted by Gasteiger charge is 2.45. The number of carbonyl (C=O) groups excluding carboxylic acids is 1. The monoisotopic (exact) mass is 491 g/mol. The number of aromatic nitrogens is 4. The van der Waals surface area contributed by atoms with Crippen LogP contribution < -0.4 is 4.74 Å². The molecule has 2 aromatic heterocycles. The van der Waals surface area contributed by atoms with Crippen LogP contribution in [0.1, 0.15) is 35.3 Å². The molecule has 4 heterocycles. The van der Waals surface area contributed by atoms with Crippen LogP contribution in [0.5, 0.6) is 5.88 Å². The molecular weight excluding hydrogens is 473 g/mol. The highest BCUT2D eigenvalue weighted by Crippen LogP contribution is 2.39. The number of hydrogen-bond donors (Lipinski definition) is 0. The third kappa shape index (κ3) is 4.52. The minimum atomic E-state index is -4.84. The van der Waals surface area contributed by atoms with Crippen LogP contribution in [0.15, 0.2) is 42.9 Å². The molecule has 3 unspecified atom stereocenters. The third-order valence-electron chi connectivity index (χ3n) is 6.25. The molecule has 182 valence electrons. The van der Waals surface area contributed by atoms with Crippen molar-refractivity contribution in [1.82, 2.24) is 24.8 Å². The van der Waals surface area contributed by atoms with Gasteiger partial charge in [-0.25, -0.2) is 24.3 Å². The maximum Gasteiger partial charge on any atom is 0.435 e. The SMILES string of the molecule is O=C(c1ccc(F)cc1-c1ncccn1)N1CC2CCC1C(Oc1ncc(C(F)(F)F)nc1F)C2. The molecule has 1 amide bonds. The van der Waals surface area contributed by atoms with Crippen LogP contribution in [0, 0.1) is 17.7 Å². The van der Waals surface area contributed by atoms with Gasteiger partial charge in [0.1, 0.15) is 11.9 Å². The predicted octanol–water partition coefficient (Wildman–Crippen LogP) is 4.30. The molecule has 3 fully saturated rings. The molecule has 3 aromatic rings. The highest BCUT2D eigenvalue weighted by molar-refractivity contribution is 6.00. The molecular formula is C23H18F5N5O2. The van der Waals surface area contributed by atoms with Gasteiger partial charge in [0.25, 0.3) is 17.7 Å². The zero-order valence-electron chi connectivity index (χ0n) is 18.0. The van der Waals surface area contributed by atoms with E-state index < -0.39 is 47.6 Å². The van der Waals surface area contributed by atoms with Crippen molar-refractivity contribution in [2.45, 2.75) is 37.6 Å². The van der Waals surface area contributed by atoms with E-state index in [1.54, 1.807) is 11.0 Å². The number of hydrogen-bond acceptors (Lipinski definition) is 6. The van der Waals surface area contributed by atoms with Gasteiger partial charge in [0.05, 0.1) is 17.8 Å². The highest BCUT2D eigenvalue weighted by atomic mass is 19.4. The van der Waals surface area contributed by atoms with Crippen molar-refractivity contribution < 1.29 is 31.5 Å². The zero-order valence-corrected chi connectivity index (χ0v) is 18.0. The van der Waals surface area contributed by atoms with E-state index in [0.29, 0.717) is 25.6 Å². The number of carbonyl (C=O) groups is 1. The summed E-state index contributed by atoms with van der Waals surface area (Å²) >= 11 is 0. The van der Waals surface area contributed by atoms with Crippen LogP contribution in [0.25, 0.3) is 11.4 Å². The fraction of sp³-hybridized carbons (Fsp3) is 0.348. The van der Waals surface area contributed by atoms with Gasteiger partial charge in [-0.15, -0.1) is 0 Å². The molecule has 3 atom stereocenters. The lowest BCUT2D eigenvalue weighted by atomic mass is 9.77. The Kier molecular flexibility index (Phi) is 5.81. The lowest BCUT2D eigenvalue weighted by Crippen LogP contribution is -2.59. The zero-order chi connectivity index (χ0) is 24.7. The summed E-state index contributed by atoms with van der Waals surface area (Å²) in [6.45, 7) is 0.414. The molecule has 7 nitrogen and oxygen atoms in total. The number of nitrogens with zero attached hydrogens (tertiary/aromatic N) is 5. The summed E-state index contributed by atoms with van der Waals surface area (Å²) in [7, 11) is 0. The molecule has 1 aromatic carbocycles. The van der Waals surface area contributed by atoms with Crippen molar-refractivity contribution in [3.05, 3.63) is 65.9 Å². The van der Waals surface area contributed by atoms with E-state index in [1.165, 1.54) is 30.6 Å². The molecule has 12 heteroatoms. The van der Waals surface area contributed by atoms with Crippen molar-refractivity contribution >= 4 is 5.91 Å². The first-order chi connectivity index (χ1) is 16.7. The first kappa shape index (κ1) is 23.1. The number of halogens is 5. The van der Waals surface area contributed by atoms with Crippen molar-refractivity contribution in [1.29, 1.82) is 0 Å². The van der Waals surface area contributed by atoms with Gasteiger partial charge >= 0.3 is 6.18 Å². The quantitative estimate of drug-likeness (QED) is 0.507. The molecule has 35 heavy (non-hydrogen) atoms. The Morgan fingerprint density at radius 3 is 2.54 bits per heavy atom. The Morgan fingerprint density at radius 2 is 1.86 bits per heavy atom. The molecule has 6 rings (SSSR count). The summed E-state index contributed by atoms with van der Waals surface area (Å²) in [4.78, 5) is 29.8. The molecule has 0 N–H and O–H groups in total. The third-order valence-corrected chi connectivity index (χ3v) is 6.25. The van der Waals surface area contributed by atoms with Crippen molar-refractivity contribution in [2.24, 2.45) is 5.92 Å². The number of fused-ring (bicyclic) bond motifs is 3. The summed E-state index contributed by atoms with van der Waals surface area (Å²) in [5, 5.41) is 0. The Balaban J connectivity index is 1.42. The largest absolute Gasteiger partial charge is 0.469 e. The van der Waals surface area contributed by atoms with Crippen LogP contribution in [-0.4, -0.2) is 49.4 Å². The van der Waals surface area contributed by atoms with Crippen molar-refractivity contribution in [3.8, 4) is 17.3 Å². The van der Waals surface area contributed by atoms with Gasteiger partial charge in [-0.3, -0.25) is 4.79 Å². The minimum Gasteiger partial charge on any atom is -0.469 e. The number of piperidine rings is 2. The molecule has 2 saturated heterocycles. The van der Waals surface area contributed by atoms with Gasteiger partial charge in [-0.2, -0.15) is 17.6 Å². The second kappa shape index (κ2) is 8.82. The Hall–Kier alpha value is -3.70. The van der Waals surface area contributed by atoms with Gasteiger partial charge in [0.2, 0.25) is 0 Å². The molecule has 1 saturated carbocycles. The van der Waals surface area contributed by atoms with Gasteiger partial charge < -0.3 is 9.64 Å². The Labute approximate surface area is 196 Å². The molecule has 0 spiro atoms. The maximum absolute atomic E-state index is 14.2. The van der Waals surface area contributed by atoms with E-state index in [4.69, 9.17) is 4.74 Å². The first-order valence-electron chi connectivity index (χ1n) is 10.8. The summed E-state index contributed by atoms with van der Waals surface area (Å²) in [5.74, 6) is -2.84. The summed E-state index contributed by atoms with van der Waals surface area (Å²) in [6.07, 6.45) is -0.315. The average molecular weight is 491 g/mol. The fourth-order valence-corrected chi connectivity index (χ4v) is 4.69. The molecule has 1 aliphatic carbocycles. The number of ether oxygens (including phenoxy) is 1. The topological polar surface area (TPSA) is 81.1 Å². The number of alkyl halides is 3. The van der Waals surface area contributed by atoms with E-state index in [1.807, 2.05) is 0 Å². The minimum absolute atomic E-state index is 0.0382. The standard InChI is InChI=1S/C23H18F5N5O2/c24-13-3-4-14(15(9-13)20-29-6-1-7-30-20)22(34)33-11-12-2-5-16(33)17(8-12)35-21-19(25)32-18(10-31-21)23(26,27)28/h1,3-4,6-7,9-10,12,16-17H,2,5,8,11H2. The average Bonchev–Trinajstić information content (AvgIpc) is 2.85. The number of amides is 1. The Morgan fingerprint density at radius 1 is 1.09 bits per heavy atom. The van der Waals surface area contributed by atoms with Gasteiger partial charge in [-0.05, 0) is 49.4 Å². The second-order valence-electron chi connectivity index (χ2n) is 8.47. The summed E-state index contributed by atoms with van der Waals surface area (Å²) in [6, 6.07) is 4.84. The Bertz CT molecular complexity index is 1260. The van der Waals surface area contributed by atoms with Gasteiger partial charge in [-0.1, -0.05) is 0 Å². The number of benzene rings is 1. The smallest absolute Gasteiger partial charge is 0.435 e. The maximum atomic E-state index is 14.2. The molecule has 2 aliphatic heterocycles. The van der Waals surface area contributed by atoms with Crippen LogP contribution in [0.4, 0.5) is 22.0 Å². The second-order valence-corrected chi connectivity index (χ2v) is 8.47. The van der Waals surface area contributed by atoms with Crippen LogP contribution >= 0.6 is 0 Å². The van der Waals surface area contributed by atoms with E-state index >= 15 is 0 Å². The van der Waals surface area contributed by atoms with Crippen LogP contribution in [0.3, 0.4) is 0 Å².